The second-order valence-electron chi connectivity index (χ2n) is 4.50. The molecule has 1 fully saturated rings. The molecule has 0 aromatic rings. The molecule has 1 atom stereocenters. The van der Waals surface area contributed by atoms with E-state index in [-0.39, 0.29) is 5.41 Å². The fraction of sp³-hybridized carbons (Fsp3) is 0.917. The molecular weight excluding hydrogens is 240 g/mol. The van der Waals surface area contributed by atoms with Gasteiger partial charge in [0.05, 0.1) is 0 Å². The van der Waals surface area contributed by atoms with Crippen molar-refractivity contribution in [3.05, 3.63) is 0 Å². The summed E-state index contributed by atoms with van der Waals surface area (Å²) < 4.78 is 0. The molecule has 82 valence electrons. The molecule has 0 radical (unpaired) electrons. The van der Waals surface area contributed by atoms with Gasteiger partial charge in [0, 0.05) is 17.2 Å². The minimum absolute atomic E-state index is 0.0216. The highest BCUT2D eigenvalue weighted by molar-refractivity contribution is 9.09. The van der Waals surface area contributed by atoms with E-state index in [1.54, 1.807) is 0 Å². The van der Waals surface area contributed by atoms with Gasteiger partial charge in [0.1, 0.15) is 5.78 Å². The van der Waals surface area contributed by atoms with Gasteiger partial charge in [-0.05, 0) is 19.3 Å². The highest BCUT2D eigenvalue weighted by Gasteiger charge is 2.39. The van der Waals surface area contributed by atoms with E-state index in [9.17, 15) is 4.79 Å². The zero-order chi connectivity index (χ0) is 10.4. The van der Waals surface area contributed by atoms with Crippen LogP contribution in [0.2, 0.25) is 0 Å². The average Bonchev–Trinajstić information content (AvgIpc) is 2.56. The number of carbonyl (C=O) groups is 1. The molecule has 0 amide bonds. The summed E-state index contributed by atoms with van der Waals surface area (Å²) in [6, 6.07) is 0. The highest BCUT2D eigenvalue weighted by atomic mass is 79.9. The van der Waals surface area contributed by atoms with Gasteiger partial charge in [0.15, 0.2) is 0 Å². The molecule has 1 saturated carbocycles. The summed E-state index contributed by atoms with van der Waals surface area (Å²) in [6.07, 6.45) is 9.25. The minimum Gasteiger partial charge on any atom is -0.299 e. The molecule has 14 heavy (non-hydrogen) atoms. The maximum atomic E-state index is 11.8. The zero-order valence-electron chi connectivity index (χ0n) is 9.15. The Morgan fingerprint density at radius 1 is 1.36 bits per heavy atom. The van der Waals surface area contributed by atoms with E-state index in [1.165, 1.54) is 25.7 Å². The molecule has 2 heteroatoms. The van der Waals surface area contributed by atoms with Crippen molar-refractivity contribution in [2.24, 2.45) is 5.41 Å². The van der Waals surface area contributed by atoms with Crippen molar-refractivity contribution in [3.63, 3.8) is 0 Å². The molecule has 0 bridgehead atoms. The number of hydrogen-bond donors (Lipinski definition) is 0. The first-order valence-corrected chi connectivity index (χ1v) is 6.96. The molecule has 0 N–H and O–H groups in total. The van der Waals surface area contributed by atoms with Crippen molar-refractivity contribution in [2.45, 2.75) is 58.3 Å². The average molecular weight is 261 g/mol. The highest BCUT2D eigenvalue weighted by Crippen LogP contribution is 2.40. The summed E-state index contributed by atoms with van der Waals surface area (Å²) in [5, 5.41) is 0.880. The predicted octanol–water partition coefficient (Wildman–Crippen LogP) is 4.09. The van der Waals surface area contributed by atoms with Crippen LogP contribution in [0.5, 0.6) is 0 Å². The van der Waals surface area contributed by atoms with E-state index < -0.39 is 0 Å². The van der Waals surface area contributed by atoms with E-state index in [1.807, 2.05) is 0 Å². The lowest BCUT2D eigenvalue weighted by Gasteiger charge is -2.24. The maximum Gasteiger partial charge on any atom is 0.139 e. The van der Waals surface area contributed by atoms with E-state index in [0.717, 1.165) is 31.0 Å². The lowest BCUT2D eigenvalue weighted by atomic mass is 9.82. The number of halogens is 1. The first-order valence-electron chi connectivity index (χ1n) is 5.84. The van der Waals surface area contributed by atoms with Crippen LogP contribution in [0.1, 0.15) is 58.3 Å². The molecule has 1 nitrogen and oxygen atoms in total. The van der Waals surface area contributed by atoms with Crippen LogP contribution in [-0.4, -0.2) is 11.1 Å². The normalized spacial score (nSPS) is 27.1. The van der Waals surface area contributed by atoms with Gasteiger partial charge in [0.2, 0.25) is 0 Å². The Morgan fingerprint density at radius 3 is 2.64 bits per heavy atom. The number of hydrogen-bond acceptors (Lipinski definition) is 1. The summed E-state index contributed by atoms with van der Waals surface area (Å²) >= 11 is 3.52. The van der Waals surface area contributed by atoms with Crippen molar-refractivity contribution >= 4 is 21.7 Å². The van der Waals surface area contributed by atoms with E-state index in [2.05, 4.69) is 22.9 Å². The summed E-state index contributed by atoms with van der Waals surface area (Å²) in [7, 11) is 0. The Hall–Kier alpha value is 0.150. The van der Waals surface area contributed by atoms with Crippen LogP contribution in [0.15, 0.2) is 0 Å². The third-order valence-electron chi connectivity index (χ3n) is 3.42. The largest absolute Gasteiger partial charge is 0.299 e. The Morgan fingerprint density at radius 2 is 2.14 bits per heavy atom. The molecule has 1 aliphatic carbocycles. The lowest BCUT2D eigenvalue weighted by Crippen LogP contribution is -2.27. The quantitative estimate of drug-likeness (QED) is 0.520. The Balaban J connectivity index is 2.34. The topological polar surface area (TPSA) is 17.1 Å². The molecule has 0 aromatic carbocycles. The van der Waals surface area contributed by atoms with Crippen LogP contribution in [-0.2, 0) is 4.79 Å². The number of unbranched alkanes of at least 4 members (excludes halogenated alkanes) is 3. The zero-order valence-corrected chi connectivity index (χ0v) is 10.7. The smallest absolute Gasteiger partial charge is 0.139 e. The van der Waals surface area contributed by atoms with Gasteiger partial charge in [-0.2, -0.15) is 0 Å². The standard InChI is InChI=1S/C12H21BrO/c1-2-3-4-5-8-12(10-13)9-6-7-11(12)14/h2-10H2,1H3. The van der Waals surface area contributed by atoms with Crippen molar-refractivity contribution in [1.82, 2.24) is 0 Å². The Kier molecular flexibility index (Phi) is 5.14. The third kappa shape index (κ3) is 2.82. The van der Waals surface area contributed by atoms with Gasteiger partial charge in [-0.15, -0.1) is 0 Å². The van der Waals surface area contributed by atoms with Gasteiger partial charge in [-0.1, -0.05) is 48.5 Å². The molecule has 0 heterocycles. The van der Waals surface area contributed by atoms with Crippen molar-refractivity contribution in [2.75, 3.05) is 5.33 Å². The monoisotopic (exact) mass is 260 g/mol. The third-order valence-corrected chi connectivity index (χ3v) is 4.49. The second kappa shape index (κ2) is 5.89. The molecule has 0 aliphatic heterocycles. The van der Waals surface area contributed by atoms with Crippen LogP contribution in [0.3, 0.4) is 0 Å². The van der Waals surface area contributed by atoms with Gasteiger partial charge in [-0.3, -0.25) is 4.79 Å². The fourth-order valence-corrected chi connectivity index (χ4v) is 3.23. The molecular formula is C12H21BrO. The molecule has 0 spiro atoms. The lowest BCUT2D eigenvalue weighted by molar-refractivity contribution is -0.125. The summed E-state index contributed by atoms with van der Waals surface area (Å²) in [5.74, 6) is 0.505. The van der Waals surface area contributed by atoms with Gasteiger partial charge in [-0.25, -0.2) is 0 Å². The van der Waals surface area contributed by atoms with Gasteiger partial charge in [0.25, 0.3) is 0 Å². The maximum absolute atomic E-state index is 11.8. The molecule has 1 unspecified atom stereocenters. The molecule has 0 aromatic heterocycles. The Labute approximate surface area is 95.8 Å². The van der Waals surface area contributed by atoms with E-state index >= 15 is 0 Å². The van der Waals surface area contributed by atoms with Crippen LogP contribution < -0.4 is 0 Å². The summed E-state index contributed by atoms with van der Waals surface area (Å²) in [4.78, 5) is 11.8. The number of Topliss-reactive ketones (excluding diaryl/α,β-unsaturated/α-hetero) is 1. The summed E-state index contributed by atoms with van der Waals surface area (Å²) in [6.45, 7) is 2.22. The van der Waals surface area contributed by atoms with E-state index in [4.69, 9.17) is 0 Å². The molecule has 1 rings (SSSR count). The van der Waals surface area contributed by atoms with E-state index in [0.29, 0.717) is 5.78 Å². The van der Waals surface area contributed by atoms with Crippen LogP contribution in [0.4, 0.5) is 0 Å². The van der Waals surface area contributed by atoms with Crippen LogP contribution >= 0.6 is 15.9 Å². The number of carbonyl (C=O) groups excluding carboxylic acids is 1. The van der Waals surface area contributed by atoms with Gasteiger partial charge >= 0.3 is 0 Å². The van der Waals surface area contributed by atoms with Crippen molar-refractivity contribution in [1.29, 1.82) is 0 Å². The minimum atomic E-state index is 0.0216. The summed E-state index contributed by atoms with van der Waals surface area (Å²) in [5.41, 5.74) is 0.0216. The predicted molar refractivity (Wildman–Crippen MR) is 63.8 cm³/mol. The van der Waals surface area contributed by atoms with Gasteiger partial charge < -0.3 is 0 Å². The van der Waals surface area contributed by atoms with Crippen LogP contribution in [0, 0.1) is 5.41 Å². The molecule has 0 saturated heterocycles. The number of alkyl halides is 1. The van der Waals surface area contributed by atoms with Crippen molar-refractivity contribution < 1.29 is 4.79 Å². The fourth-order valence-electron chi connectivity index (χ4n) is 2.35. The molecule has 1 aliphatic rings. The second-order valence-corrected chi connectivity index (χ2v) is 5.06. The number of rotatable bonds is 6. The van der Waals surface area contributed by atoms with Crippen LogP contribution in [0.25, 0.3) is 0 Å². The van der Waals surface area contributed by atoms with Crippen molar-refractivity contribution in [3.8, 4) is 0 Å². The Bertz CT molecular complexity index is 191. The SMILES string of the molecule is CCCCCCC1(CBr)CCCC1=O. The first-order chi connectivity index (χ1) is 6.75. The first kappa shape index (κ1) is 12.2. The number of ketones is 1.